The Bertz CT molecular complexity index is 714. The molecule has 0 saturated carbocycles. The van der Waals surface area contributed by atoms with Crippen molar-refractivity contribution in [1.82, 2.24) is 9.37 Å². The van der Waals surface area contributed by atoms with Crippen LogP contribution in [0, 0.1) is 0 Å². The van der Waals surface area contributed by atoms with E-state index in [1.807, 2.05) is 16.6 Å². The van der Waals surface area contributed by atoms with E-state index in [1.165, 1.54) is 16.0 Å². The average Bonchev–Trinajstić information content (AvgIpc) is 3.06. The van der Waals surface area contributed by atoms with E-state index < -0.39 is 0 Å². The molecule has 2 aromatic rings. The largest absolute Gasteiger partial charge is 0.395 e. The second-order valence-corrected chi connectivity index (χ2v) is 7.99. The second kappa shape index (κ2) is 10.5. The third kappa shape index (κ3) is 5.47. The first kappa shape index (κ1) is 20.6. The highest BCUT2D eigenvalue weighted by Crippen LogP contribution is 2.47. The van der Waals surface area contributed by atoms with Crippen LogP contribution >= 0.6 is 23.5 Å². The van der Waals surface area contributed by atoms with Gasteiger partial charge in [-0.15, -0.1) is 4.47 Å². The zero-order valence-electron chi connectivity index (χ0n) is 15.7. The van der Waals surface area contributed by atoms with Crippen molar-refractivity contribution in [2.24, 2.45) is 0 Å². The topological polar surface area (TPSA) is 35.9 Å². The summed E-state index contributed by atoms with van der Waals surface area (Å²) in [7, 11) is 0. The molecule has 0 spiro atoms. The number of benzene rings is 2. The summed E-state index contributed by atoms with van der Waals surface area (Å²) < 4.78 is 2.01. The molecule has 1 unspecified atom stereocenters. The Morgan fingerprint density at radius 1 is 1.11 bits per heavy atom. The first-order valence-corrected chi connectivity index (χ1v) is 10.7. The Labute approximate surface area is 171 Å². The van der Waals surface area contributed by atoms with E-state index in [9.17, 15) is 0 Å². The number of likely N-dealkylation sites (N-methyl/N-ethyl adjacent to an activating group) is 1. The molecule has 0 saturated heterocycles. The van der Waals surface area contributed by atoms with E-state index in [1.54, 1.807) is 11.9 Å². The van der Waals surface area contributed by atoms with Crippen LogP contribution in [0.3, 0.4) is 0 Å². The van der Waals surface area contributed by atoms with Crippen molar-refractivity contribution in [3.8, 4) is 0 Å². The van der Waals surface area contributed by atoms with Gasteiger partial charge in [0.05, 0.1) is 19.3 Å². The van der Waals surface area contributed by atoms with Gasteiger partial charge < -0.3 is 10.0 Å². The van der Waals surface area contributed by atoms with Crippen molar-refractivity contribution in [2.75, 3.05) is 32.8 Å². The van der Waals surface area contributed by atoms with E-state index in [0.717, 1.165) is 37.5 Å². The predicted octanol–water partition coefficient (Wildman–Crippen LogP) is 4.78. The fourth-order valence-electron chi connectivity index (χ4n) is 3.26. The Kier molecular flexibility index (Phi) is 8.00. The van der Waals surface area contributed by atoms with E-state index in [4.69, 9.17) is 21.5 Å². The van der Waals surface area contributed by atoms with Crippen molar-refractivity contribution in [2.45, 2.75) is 30.7 Å². The Hall–Kier alpha value is -1.08. The molecule has 4 nitrogen and oxygen atoms in total. The van der Waals surface area contributed by atoms with Gasteiger partial charge in [0, 0.05) is 16.5 Å². The van der Waals surface area contributed by atoms with Crippen molar-refractivity contribution in [3.05, 3.63) is 64.7 Å². The van der Waals surface area contributed by atoms with E-state index >= 15 is 0 Å². The number of rotatable bonds is 10. The maximum atomic E-state index is 9.07. The molecule has 0 fully saturated rings. The average molecular weight is 407 g/mol. The lowest BCUT2D eigenvalue weighted by molar-refractivity contribution is -0.0933. The molecular formula is C21H27ClN2O2S. The summed E-state index contributed by atoms with van der Waals surface area (Å²) in [5.74, 6) is 0. The quantitative estimate of drug-likeness (QED) is 0.454. The van der Waals surface area contributed by atoms with Crippen LogP contribution in [-0.2, 0) is 4.84 Å². The highest BCUT2D eigenvalue weighted by molar-refractivity contribution is 7.97. The van der Waals surface area contributed by atoms with Crippen LogP contribution in [0.25, 0.3) is 0 Å². The van der Waals surface area contributed by atoms with Crippen LogP contribution in [0.2, 0.25) is 5.02 Å². The molecule has 3 rings (SSSR count). The summed E-state index contributed by atoms with van der Waals surface area (Å²) in [4.78, 5) is 9.65. The molecule has 0 bridgehead atoms. The molecule has 2 aromatic carbocycles. The van der Waals surface area contributed by atoms with Gasteiger partial charge in [-0.3, -0.25) is 4.84 Å². The molecule has 1 aliphatic heterocycles. The monoisotopic (exact) mass is 406 g/mol. The summed E-state index contributed by atoms with van der Waals surface area (Å²) in [6, 6.07) is 16.5. The second-order valence-electron chi connectivity index (χ2n) is 6.57. The number of halogens is 1. The van der Waals surface area contributed by atoms with Crippen molar-refractivity contribution >= 4 is 23.5 Å². The van der Waals surface area contributed by atoms with Gasteiger partial charge in [0.1, 0.15) is 0 Å². The molecule has 0 aliphatic carbocycles. The first-order valence-electron chi connectivity index (χ1n) is 9.50. The van der Waals surface area contributed by atoms with Crippen LogP contribution in [0.4, 0.5) is 0 Å². The number of hydrogen-bond acceptors (Lipinski definition) is 5. The van der Waals surface area contributed by atoms with Crippen LogP contribution in [0.1, 0.15) is 36.9 Å². The summed E-state index contributed by atoms with van der Waals surface area (Å²) in [6.45, 7) is 5.73. The van der Waals surface area contributed by atoms with Gasteiger partial charge in [-0.1, -0.05) is 48.9 Å². The van der Waals surface area contributed by atoms with Gasteiger partial charge in [0.25, 0.3) is 0 Å². The van der Waals surface area contributed by atoms with Crippen molar-refractivity contribution in [1.29, 1.82) is 0 Å². The van der Waals surface area contributed by atoms with Crippen LogP contribution in [0.15, 0.2) is 53.4 Å². The van der Waals surface area contributed by atoms with Crippen LogP contribution < -0.4 is 0 Å². The lowest BCUT2D eigenvalue weighted by Gasteiger charge is -2.24. The molecule has 1 heterocycles. The molecular weight excluding hydrogens is 380 g/mol. The third-order valence-corrected chi connectivity index (χ3v) is 6.07. The number of nitrogens with zero attached hydrogens (tertiary/aromatic N) is 2. The number of unbranched alkanes of at least 4 members (excludes halogenated alkanes) is 1. The van der Waals surface area contributed by atoms with Gasteiger partial charge in [0.15, 0.2) is 0 Å². The van der Waals surface area contributed by atoms with Gasteiger partial charge in [0.2, 0.25) is 0 Å². The maximum Gasteiger partial charge on any atom is 0.0982 e. The van der Waals surface area contributed by atoms with Gasteiger partial charge >= 0.3 is 0 Å². The number of aliphatic hydroxyl groups is 1. The van der Waals surface area contributed by atoms with Crippen molar-refractivity contribution in [3.63, 3.8) is 0 Å². The lowest BCUT2D eigenvalue weighted by atomic mass is 10.00. The molecule has 146 valence electrons. The molecule has 0 radical (unpaired) electrons. The fraction of sp³-hybridized carbons (Fsp3) is 0.429. The zero-order chi connectivity index (χ0) is 19.1. The Balaban J connectivity index is 1.58. The summed E-state index contributed by atoms with van der Waals surface area (Å²) in [6.07, 6.45) is 2.05. The normalized spacial score (nSPS) is 16.8. The molecule has 27 heavy (non-hydrogen) atoms. The number of fused-ring (bicyclic) bond motifs is 1. The minimum Gasteiger partial charge on any atom is -0.395 e. The highest BCUT2D eigenvalue weighted by atomic mass is 35.5. The number of aliphatic hydroxyl groups excluding tert-OH is 1. The molecule has 1 aliphatic rings. The number of hydroxylamine groups is 1. The molecule has 0 aromatic heterocycles. The lowest BCUT2D eigenvalue weighted by Crippen LogP contribution is -2.28. The molecule has 0 amide bonds. The minimum absolute atomic E-state index is 0.0741. The standard InChI is InChI=1S/C21H27ClN2O2S/c1-2-23(14-15-25)13-5-6-16-26-24-21(17-9-11-18(22)12-10-17)19-7-3-4-8-20(19)27-24/h3-4,7-12,21,25H,2,5-6,13-16H2,1H3. The summed E-state index contributed by atoms with van der Waals surface area (Å²) in [5, 5.41) is 9.81. The Morgan fingerprint density at radius 3 is 2.63 bits per heavy atom. The van der Waals surface area contributed by atoms with Gasteiger partial charge in [-0.25, -0.2) is 0 Å². The molecule has 6 heteroatoms. The highest BCUT2D eigenvalue weighted by Gasteiger charge is 2.33. The first-order chi connectivity index (χ1) is 13.2. The van der Waals surface area contributed by atoms with Gasteiger partial charge in [-0.05, 0) is 67.2 Å². The smallest absolute Gasteiger partial charge is 0.0982 e. The van der Waals surface area contributed by atoms with Crippen LogP contribution in [0.5, 0.6) is 0 Å². The number of hydrogen-bond donors (Lipinski definition) is 1. The van der Waals surface area contributed by atoms with E-state index in [2.05, 4.69) is 48.2 Å². The maximum absolute atomic E-state index is 9.07. The van der Waals surface area contributed by atoms with Crippen molar-refractivity contribution < 1.29 is 9.94 Å². The minimum atomic E-state index is 0.0741. The Morgan fingerprint density at radius 2 is 1.89 bits per heavy atom. The predicted molar refractivity (Wildman–Crippen MR) is 112 cm³/mol. The molecule has 1 atom stereocenters. The zero-order valence-corrected chi connectivity index (χ0v) is 17.3. The third-order valence-electron chi connectivity index (χ3n) is 4.75. The summed E-state index contributed by atoms with van der Waals surface area (Å²) in [5.41, 5.74) is 2.45. The van der Waals surface area contributed by atoms with Gasteiger partial charge in [-0.2, -0.15) is 0 Å². The van der Waals surface area contributed by atoms with E-state index in [0.29, 0.717) is 6.61 Å². The fourth-order valence-corrected chi connectivity index (χ4v) is 4.47. The summed E-state index contributed by atoms with van der Waals surface area (Å²) >= 11 is 7.72. The molecule has 1 N–H and O–H groups in total. The SMILES string of the molecule is CCN(CCO)CCCCON1Sc2ccccc2C1c1ccc(Cl)cc1. The van der Waals surface area contributed by atoms with E-state index in [-0.39, 0.29) is 12.6 Å². The van der Waals surface area contributed by atoms with Crippen LogP contribution in [-0.4, -0.2) is 47.3 Å².